The molecule has 1 aromatic carbocycles. The number of amides is 1. The molecule has 0 aromatic heterocycles. The second kappa shape index (κ2) is 22.8. The molecule has 1 N–H and O–H groups in total. The number of nitrogens with zero attached hydrogens (tertiary/aromatic N) is 1. The van der Waals surface area contributed by atoms with Crippen LogP contribution in [-0.4, -0.2) is 36.2 Å². The van der Waals surface area contributed by atoms with Crippen molar-refractivity contribution in [1.82, 2.24) is 5.32 Å². The highest BCUT2D eigenvalue weighted by molar-refractivity contribution is 5.75. The molecule has 0 aliphatic heterocycles. The van der Waals surface area contributed by atoms with E-state index in [9.17, 15) is 19.7 Å². The summed E-state index contributed by atoms with van der Waals surface area (Å²) in [6.07, 6.45) is 19.7. The summed E-state index contributed by atoms with van der Waals surface area (Å²) < 4.78 is 5.71. The molecule has 1 fully saturated rings. The number of carbonyl (C=O) groups excluding carboxylic acids is 2. The Morgan fingerprint density at radius 1 is 1.10 bits per heavy atom. The van der Waals surface area contributed by atoms with Gasteiger partial charge in [0, 0.05) is 19.4 Å². The first kappa shape index (κ1) is 33.9. The molecule has 0 bridgehead atoms. The molecule has 1 saturated carbocycles. The predicted molar refractivity (Wildman–Crippen MR) is 155 cm³/mol. The molecule has 1 atom stereocenters. The summed E-state index contributed by atoms with van der Waals surface area (Å²) in [7, 11) is 0. The van der Waals surface area contributed by atoms with E-state index in [0.717, 1.165) is 32.2 Å². The molecule has 8 heteroatoms. The number of allylic oxidation sites excluding steroid dienone is 3. The Morgan fingerprint density at radius 2 is 1.85 bits per heavy atom. The number of aryl methyl sites for hydroxylation is 1. The molecule has 1 aliphatic rings. The highest BCUT2D eigenvalue weighted by atomic mass is 16.9. The number of unbranched alkanes of at least 4 members (excludes halogenated alkanes) is 3. The van der Waals surface area contributed by atoms with E-state index in [4.69, 9.17) is 4.74 Å². The average molecular weight is 545 g/mol. The largest absolute Gasteiger partial charge is 0.458 e. The average Bonchev–Trinajstić information content (AvgIpc) is 3.45. The molecule has 1 amide bonds. The number of benzene rings is 1. The van der Waals surface area contributed by atoms with E-state index in [-0.39, 0.29) is 24.6 Å². The van der Waals surface area contributed by atoms with Gasteiger partial charge in [0.2, 0.25) is 5.91 Å². The number of ether oxygens (including phenoxy) is 1. The van der Waals surface area contributed by atoms with Crippen molar-refractivity contribution in [3.8, 4) is 0 Å². The smallest absolute Gasteiger partial charge is 0.306 e. The first-order valence-electron chi connectivity index (χ1n) is 14.5. The number of nitrogens with one attached hydrogen (secondary N) is 1. The van der Waals surface area contributed by atoms with Crippen LogP contribution in [0.2, 0.25) is 0 Å². The van der Waals surface area contributed by atoms with Gasteiger partial charge >= 0.3 is 5.97 Å². The van der Waals surface area contributed by atoms with Crippen LogP contribution < -0.4 is 5.32 Å². The van der Waals surface area contributed by atoms with Gasteiger partial charge in [0.25, 0.3) is 5.09 Å². The Hall–Kier alpha value is -3.16. The minimum Gasteiger partial charge on any atom is -0.458 e. The standard InChI is InChI=1S/C22H31NO5.C9H17NO/c24-22(13-5-2-8-18-27-23(25)26)28-21(17-15-20-11-6-7-12-20)16-14-19-9-3-1-4-10-19;1-3-5-6-7-8-9(11)10-4-2/h1,3-4,9-10,15,17,20-21H,2,5-8,11-14,16,18H2;3,5H,4,6-8H2,1-2H3,(H,10,11)/b17-15+;5-3-. The fourth-order valence-electron chi connectivity index (χ4n) is 4.33. The number of hydrogen-bond donors (Lipinski definition) is 1. The lowest BCUT2D eigenvalue weighted by Crippen LogP contribution is -2.21. The third-order valence-electron chi connectivity index (χ3n) is 6.45. The van der Waals surface area contributed by atoms with Gasteiger partial charge in [-0.15, -0.1) is 10.1 Å². The fourth-order valence-corrected chi connectivity index (χ4v) is 4.33. The third kappa shape index (κ3) is 19.5. The van der Waals surface area contributed by atoms with E-state index in [2.05, 4.69) is 40.5 Å². The van der Waals surface area contributed by atoms with Crippen LogP contribution in [0.15, 0.2) is 54.6 Å². The van der Waals surface area contributed by atoms with Crippen LogP contribution in [0.5, 0.6) is 0 Å². The van der Waals surface area contributed by atoms with Crippen molar-refractivity contribution in [3.05, 3.63) is 70.3 Å². The molecular weight excluding hydrogens is 496 g/mol. The fraction of sp³-hybridized carbons (Fsp3) is 0.613. The molecule has 218 valence electrons. The van der Waals surface area contributed by atoms with Crippen LogP contribution in [0, 0.1) is 16.0 Å². The van der Waals surface area contributed by atoms with Crippen LogP contribution in [0.4, 0.5) is 0 Å². The van der Waals surface area contributed by atoms with E-state index >= 15 is 0 Å². The monoisotopic (exact) mass is 544 g/mol. The van der Waals surface area contributed by atoms with E-state index in [1.165, 1.54) is 31.2 Å². The lowest BCUT2D eigenvalue weighted by molar-refractivity contribution is -0.757. The second-order valence-electron chi connectivity index (χ2n) is 9.76. The van der Waals surface area contributed by atoms with Gasteiger partial charge in [-0.25, -0.2) is 0 Å². The Morgan fingerprint density at radius 3 is 2.51 bits per heavy atom. The molecule has 1 aliphatic carbocycles. The zero-order chi connectivity index (χ0) is 28.6. The molecule has 2 rings (SSSR count). The first-order valence-corrected chi connectivity index (χ1v) is 14.5. The number of esters is 1. The molecule has 0 radical (unpaired) electrons. The number of carbonyl (C=O) groups is 2. The van der Waals surface area contributed by atoms with Crippen molar-refractivity contribution < 1.29 is 24.3 Å². The van der Waals surface area contributed by atoms with Crippen LogP contribution in [0.1, 0.15) is 96.5 Å². The van der Waals surface area contributed by atoms with Gasteiger partial charge in [0.15, 0.2) is 0 Å². The maximum atomic E-state index is 12.2. The van der Waals surface area contributed by atoms with E-state index in [1.54, 1.807) is 0 Å². The summed E-state index contributed by atoms with van der Waals surface area (Å²) in [5, 5.41) is 12.1. The summed E-state index contributed by atoms with van der Waals surface area (Å²) in [6.45, 7) is 4.74. The van der Waals surface area contributed by atoms with Crippen LogP contribution in [0.25, 0.3) is 0 Å². The summed E-state index contributed by atoms with van der Waals surface area (Å²) in [4.78, 5) is 37.4. The van der Waals surface area contributed by atoms with Gasteiger partial charge in [-0.1, -0.05) is 67.8 Å². The van der Waals surface area contributed by atoms with Crippen molar-refractivity contribution in [3.63, 3.8) is 0 Å². The quantitative estimate of drug-likeness (QED) is 0.0707. The minimum absolute atomic E-state index is 0.0753. The highest BCUT2D eigenvalue weighted by Crippen LogP contribution is 2.26. The molecular formula is C31H48N2O6. The maximum absolute atomic E-state index is 12.2. The summed E-state index contributed by atoms with van der Waals surface area (Å²) >= 11 is 0. The zero-order valence-electron chi connectivity index (χ0n) is 23.9. The molecule has 0 heterocycles. The molecule has 39 heavy (non-hydrogen) atoms. The summed E-state index contributed by atoms with van der Waals surface area (Å²) in [5.41, 5.74) is 1.24. The van der Waals surface area contributed by atoms with E-state index in [1.807, 2.05) is 38.1 Å². The third-order valence-corrected chi connectivity index (χ3v) is 6.45. The molecule has 8 nitrogen and oxygen atoms in total. The Kier molecular flexibility index (Phi) is 19.8. The minimum atomic E-state index is -0.789. The lowest BCUT2D eigenvalue weighted by Gasteiger charge is -2.15. The van der Waals surface area contributed by atoms with E-state index in [0.29, 0.717) is 38.0 Å². The summed E-state index contributed by atoms with van der Waals surface area (Å²) in [5.74, 6) is 0.570. The maximum Gasteiger partial charge on any atom is 0.306 e. The second-order valence-corrected chi connectivity index (χ2v) is 9.76. The molecule has 0 spiro atoms. The lowest BCUT2D eigenvalue weighted by atomic mass is 10.0. The highest BCUT2D eigenvalue weighted by Gasteiger charge is 2.15. The predicted octanol–water partition coefficient (Wildman–Crippen LogP) is 6.92. The molecule has 1 unspecified atom stereocenters. The Bertz CT molecular complexity index is 850. The van der Waals surface area contributed by atoms with Crippen LogP contribution >= 0.6 is 0 Å². The van der Waals surface area contributed by atoms with Gasteiger partial charge in [0.1, 0.15) is 6.10 Å². The van der Waals surface area contributed by atoms with Gasteiger partial charge in [-0.05, 0) is 82.8 Å². The van der Waals surface area contributed by atoms with Gasteiger partial charge in [-0.2, -0.15) is 0 Å². The number of hydrogen-bond acceptors (Lipinski definition) is 6. The van der Waals surface area contributed by atoms with Crippen molar-refractivity contribution in [2.75, 3.05) is 13.2 Å². The Balaban J connectivity index is 0.000000584. The van der Waals surface area contributed by atoms with Crippen LogP contribution in [0.3, 0.4) is 0 Å². The normalized spacial score (nSPS) is 14.1. The van der Waals surface area contributed by atoms with E-state index < -0.39 is 5.09 Å². The van der Waals surface area contributed by atoms with Crippen molar-refractivity contribution in [2.45, 2.75) is 103 Å². The van der Waals surface area contributed by atoms with Gasteiger partial charge < -0.3 is 14.9 Å². The van der Waals surface area contributed by atoms with Gasteiger partial charge in [0.05, 0.1) is 6.61 Å². The van der Waals surface area contributed by atoms with Crippen molar-refractivity contribution >= 4 is 11.9 Å². The molecule has 0 saturated heterocycles. The zero-order valence-corrected chi connectivity index (χ0v) is 23.9. The SMILES string of the molecule is C/C=C\CCCC(=O)NCC.O=C(CCCCCO[N+](=O)[O-])OC(/C=C/C1CCCC1)CCc1ccccc1. The van der Waals surface area contributed by atoms with Crippen molar-refractivity contribution in [1.29, 1.82) is 0 Å². The van der Waals surface area contributed by atoms with Crippen molar-refractivity contribution in [2.24, 2.45) is 5.92 Å². The Labute approximate surface area is 234 Å². The first-order chi connectivity index (χ1) is 18.9. The van der Waals surface area contributed by atoms with Crippen LogP contribution in [-0.2, 0) is 25.6 Å². The molecule has 1 aromatic rings. The topological polar surface area (TPSA) is 108 Å². The number of rotatable bonds is 18. The van der Waals surface area contributed by atoms with Gasteiger partial charge in [-0.3, -0.25) is 9.59 Å². The summed E-state index contributed by atoms with van der Waals surface area (Å²) in [6, 6.07) is 10.2.